The summed E-state index contributed by atoms with van der Waals surface area (Å²) < 4.78 is 12.3. The first-order valence-electron chi connectivity index (χ1n) is 12.5. The lowest BCUT2D eigenvalue weighted by Gasteiger charge is -2.34. The van der Waals surface area contributed by atoms with Gasteiger partial charge >= 0.3 is 0 Å². The molecule has 0 spiro atoms. The Bertz CT molecular complexity index is 1410. The third kappa shape index (κ3) is 5.77. The number of fused-ring (bicyclic) bond motifs is 1. The number of ether oxygens (including phenoxy) is 2. The maximum atomic E-state index is 14.1. The van der Waals surface area contributed by atoms with Gasteiger partial charge in [-0.3, -0.25) is 14.5 Å². The number of hydrogen-bond donors (Lipinski definition) is 1. The Hall–Kier alpha value is -4.40. The molecule has 0 unspecified atom stereocenters. The van der Waals surface area contributed by atoms with Gasteiger partial charge in [-0.15, -0.1) is 5.10 Å². The van der Waals surface area contributed by atoms with Crippen molar-refractivity contribution < 1.29 is 19.1 Å². The number of nitrogens with zero attached hydrogens (tertiary/aromatic N) is 4. The summed E-state index contributed by atoms with van der Waals surface area (Å²) in [6.45, 7) is 5.80. The van der Waals surface area contributed by atoms with E-state index in [0.29, 0.717) is 34.7 Å². The molecule has 1 aromatic heterocycles. The number of carbonyl (C=O) groups excluding carboxylic acids is 2. The van der Waals surface area contributed by atoms with Crippen LogP contribution in [0, 0.1) is 0 Å². The smallest absolute Gasteiger partial charge is 0.249 e. The fourth-order valence-corrected chi connectivity index (χ4v) is 4.14. The SMILES string of the molecule is CCC(C)(C)NC(=O)[C@H](c1cccc(OC)c1)N(C(=O)Cn1nnc2ccccc21)c1ccc(OC)cc1. The zero-order valence-corrected chi connectivity index (χ0v) is 22.3. The summed E-state index contributed by atoms with van der Waals surface area (Å²) in [4.78, 5) is 29.6. The molecule has 0 fully saturated rings. The summed E-state index contributed by atoms with van der Waals surface area (Å²) in [5.74, 6) is 0.582. The van der Waals surface area contributed by atoms with Crippen molar-refractivity contribution in [3.05, 3.63) is 78.4 Å². The van der Waals surface area contributed by atoms with Crippen LogP contribution in [0.1, 0.15) is 38.8 Å². The van der Waals surface area contributed by atoms with Crippen molar-refractivity contribution in [2.45, 2.75) is 45.3 Å². The lowest BCUT2D eigenvalue weighted by Crippen LogP contribution is -2.51. The first-order valence-corrected chi connectivity index (χ1v) is 12.5. The van der Waals surface area contributed by atoms with Crippen LogP contribution in [0.2, 0.25) is 0 Å². The van der Waals surface area contributed by atoms with Crippen LogP contribution in [-0.4, -0.2) is 46.6 Å². The molecule has 2 amide bonds. The number of hydrogen-bond acceptors (Lipinski definition) is 6. The molecule has 0 saturated heterocycles. The van der Waals surface area contributed by atoms with Gasteiger partial charge in [-0.1, -0.05) is 36.4 Å². The molecule has 9 nitrogen and oxygen atoms in total. The molecule has 0 bridgehead atoms. The van der Waals surface area contributed by atoms with Crippen molar-refractivity contribution in [1.29, 1.82) is 0 Å². The van der Waals surface area contributed by atoms with Crippen LogP contribution in [0.3, 0.4) is 0 Å². The van der Waals surface area contributed by atoms with Crippen LogP contribution in [0.5, 0.6) is 11.5 Å². The topological polar surface area (TPSA) is 98.6 Å². The number of benzene rings is 3. The van der Waals surface area contributed by atoms with Gasteiger partial charge in [-0.2, -0.15) is 0 Å². The van der Waals surface area contributed by atoms with Crippen molar-refractivity contribution in [2.75, 3.05) is 19.1 Å². The summed E-state index contributed by atoms with van der Waals surface area (Å²) >= 11 is 0. The van der Waals surface area contributed by atoms with Crippen LogP contribution in [0.25, 0.3) is 11.0 Å². The Labute approximate surface area is 222 Å². The third-order valence-corrected chi connectivity index (χ3v) is 6.59. The molecule has 0 aliphatic rings. The number of aromatic nitrogens is 3. The van der Waals surface area contributed by atoms with E-state index in [-0.39, 0.29) is 18.4 Å². The van der Waals surface area contributed by atoms with E-state index >= 15 is 0 Å². The number of para-hydroxylation sites is 1. The highest BCUT2D eigenvalue weighted by Crippen LogP contribution is 2.32. The van der Waals surface area contributed by atoms with Crippen LogP contribution in [-0.2, 0) is 16.1 Å². The summed E-state index contributed by atoms with van der Waals surface area (Å²) in [6.07, 6.45) is 0.713. The Morgan fingerprint density at radius 2 is 1.68 bits per heavy atom. The largest absolute Gasteiger partial charge is 0.497 e. The molecular formula is C29H33N5O4. The van der Waals surface area contributed by atoms with Gasteiger partial charge in [0.15, 0.2) is 0 Å². The molecule has 4 rings (SSSR count). The monoisotopic (exact) mass is 515 g/mol. The molecule has 38 heavy (non-hydrogen) atoms. The van der Waals surface area contributed by atoms with Gasteiger partial charge in [0, 0.05) is 11.2 Å². The van der Waals surface area contributed by atoms with E-state index in [9.17, 15) is 9.59 Å². The van der Waals surface area contributed by atoms with Gasteiger partial charge in [0.2, 0.25) is 11.8 Å². The van der Waals surface area contributed by atoms with Gasteiger partial charge in [0.25, 0.3) is 0 Å². The minimum absolute atomic E-state index is 0.114. The number of anilines is 1. The first-order chi connectivity index (χ1) is 18.3. The van der Waals surface area contributed by atoms with Crippen molar-refractivity contribution in [3.8, 4) is 11.5 Å². The van der Waals surface area contributed by atoms with Crippen molar-refractivity contribution >= 4 is 28.5 Å². The average molecular weight is 516 g/mol. The number of carbonyl (C=O) groups is 2. The number of methoxy groups -OCH3 is 2. The summed E-state index contributed by atoms with van der Waals surface area (Å²) in [5.41, 5.74) is 2.08. The van der Waals surface area contributed by atoms with Gasteiger partial charge < -0.3 is 14.8 Å². The third-order valence-electron chi connectivity index (χ3n) is 6.59. The highest BCUT2D eigenvalue weighted by atomic mass is 16.5. The van der Waals surface area contributed by atoms with Gasteiger partial charge in [-0.05, 0) is 74.4 Å². The lowest BCUT2D eigenvalue weighted by atomic mass is 9.98. The molecular weight excluding hydrogens is 482 g/mol. The van der Waals surface area contributed by atoms with Crippen molar-refractivity contribution in [1.82, 2.24) is 20.3 Å². The second kappa shape index (κ2) is 11.3. The average Bonchev–Trinajstić information content (AvgIpc) is 3.34. The van der Waals surface area contributed by atoms with E-state index < -0.39 is 11.6 Å². The van der Waals surface area contributed by atoms with E-state index in [2.05, 4.69) is 15.6 Å². The Morgan fingerprint density at radius 3 is 2.37 bits per heavy atom. The quantitative estimate of drug-likeness (QED) is 0.333. The van der Waals surface area contributed by atoms with Crippen LogP contribution < -0.4 is 19.7 Å². The second-order valence-corrected chi connectivity index (χ2v) is 9.60. The van der Waals surface area contributed by atoms with Gasteiger partial charge in [0.05, 0.1) is 19.7 Å². The second-order valence-electron chi connectivity index (χ2n) is 9.60. The molecule has 1 atom stereocenters. The van der Waals surface area contributed by atoms with Crippen LogP contribution >= 0.6 is 0 Å². The molecule has 0 aliphatic carbocycles. The molecule has 198 valence electrons. The van der Waals surface area contributed by atoms with E-state index in [4.69, 9.17) is 9.47 Å². The Balaban J connectivity index is 1.83. The maximum Gasteiger partial charge on any atom is 0.249 e. The zero-order valence-electron chi connectivity index (χ0n) is 22.3. The zero-order chi connectivity index (χ0) is 27.3. The summed E-state index contributed by atoms with van der Waals surface area (Å²) in [6, 6.07) is 20.7. The lowest BCUT2D eigenvalue weighted by molar-refractivity contribution is -0.128. The standard InChI is InChI=1S/C29H33N5O4/c1-6-29(2,3)30-28(36)27(20-10-9-11-23(18-20)38-5)34(21-14-16-22(37-4)17-15-21)26(35)19-33-25-13-8-7-12-24(25)31-32-33/h7-18,27H,6,19H2,1-5H3,(H,30,36)/t27-/m0/s1. The maximum absolute atomic E-state index is 14.1. The summed E-state index contributed by atoms with van der Waals surface area (Å²) in [5, 5.41) is 11.5. The van der Waals surface area contributed by atoms with Crippen molar-refractivity contribution in [3.63, 3.8) is 0 Å². The number of nitrogens with one attached hydrogen (secondary N) is 1. The predicted octanol–water partition coefficient (Wildman–Crippen LogP) is 4.53. The number of amides is 2. The molecule has 1 heterocycles. The fourth-order valence-electron chi connectivity index (χ4n) is 4.14. The predicted molar refractivity (Wildman–Crippen MR) is 146 cm³/mol. The van der Waals surface area contributed by atoms with E-state index in [1.54, 1.807) is 61.4 Å². The molecule has 9 heteroatoms. The molecule has 1 N–H and O–H groups in total. The Morgan fingerprint density at radius 1 is 0.974 bits per heavy atom. The van der Waals surface area contributed by atoms with Crippen LogP contribution in [0.15, 0.2) is 72.8 Å². The van der Waals surface area contributed by atoms with Crippen molar-refractivity contribution in [2.24, 2.45) is 0 Å². The molecule has 0 radical (unpaired) electrons. The molecule has 4 aromatic rings. The molecule has 0 saturated carbocycles. The van der Waals surface area contributed by atoms with E-state index in [0.717, 1.165) is 5.52 Å². The van der Waals surface area contributed by atoms with Crippen LogP contribution in [0.4, 0.5) is 5.69 Å². The van der Waals surface area contributed by atoms with E-state index in [1.165, 1.54) is 4.90 Å². The molecule has 3 aromatic carbocycles. The fraction of sp³-hybridized carbons (Fsp3) is 0.310. The first kappa shape index (κ1) is 26.7. The summed E-state index contributed by atoms with van der Waals surface area (Å²) in [7, 11) is 3.14. The normalized spacial score (nSPS) is 12.1. The highest BCUT2D eigenvalue weighted by Gasteiger charge is 2.35. The minimum atomic E-state index is -0.980. The Kier molecular flexibility index (Phi) is 7.95. The van der Waals surface area contributed by atoms with Gasteiger partial charge in [-0.25, -0.2) is 4.68 Å². The number of rotatable bonds is 10. The minimum Gasteiger partial charge on any atom is -0.497 e. The highest BCUT2D eigenvalue weighted by molar-refractivity contribution is 6.01. The van der Waals surface area contributed by atoms with E-state index in [1.807, 2.05) is 51.1 Å². The molecule has 0 aliphatic heterocycles. The van der Waals surface area contributed by atoms with Gasteiger partial charge in [0.1, 0.15) is 29.6 Å².